The van der Waals surface area contributed by atoms with Gasteiger partial charge in [-0.2, -0.15) is 0 Å². The Labute approximate surface area is 192 Å². The summed E-state index contributed by atoms with van der Waals surface area (Å²) < 4.78 is 46.4. The summed E-state index contributed by atoms with van der Waals surface area (Å²) in [6.45, 7) is 4.71. The van der Waals surface area contributed by atoms with E-state index in [1.54, 1.807) is 12.1 Å². The van der Waals surface area contributed by atoms with Crippen LogP contribution in [0.2, 0.25) is 0 Å². The number of piperidine rings is 1. The Balaban J connectivity index is 1.57. The molecule has 1 heterocycles. The molecule has 0 radical (unpaired) electrons. The Bertz CT molecular complexity index is 886. The van der Waals surface area contributed by atoms with Crippen molar-refractivity contribution in [1.29, 1.82) is 0 Å². The van der Waals surface area contributed by atoms with Crippen LogP contribution in [0.1, 0.15) is 38.2 Å². The number of benzene rings is 2. The third-order valence-corrected chi connectivity index (χ3v) is 5.37. The first-order chi connectivity index (χ1) is 15.8. The van der Waals surface area contributed by atoms with Gasteiger partial charge in [0.15, 0.2) is 5.96 Å². The zero-order chi connectivity index (χ0) is 23.7. The maximum atomic E-state index is 12.3. The second kappa shape index (κ2) is 11.8. The summed E-state index contributed by atoms with van der Waals surface area (Å²) in [6.07, 6.45) is -0.331. The molecule has 0 bridgehead atoms. The molecule has 0 spiro atoms. The first-order valence-corrected chi connectivity index (χ1v) is 11.2. The van der Waals surface area contributed by atoms with Crippen molar-refractivity contribution in [2.45, 2.75) is 51.6 Å². The van der Waals surface area contributed by atoms with Crippen LogP contribution < -0.4 is 20.5 Å². The minimum absolute atomic E-state index is 0.232. The zero-order valence-corrected chi connectivity index (χ0v) is 18.8. The molecule has 9 heteroatoms. The number of nitrogens with zero attached hydrogens (tertiary/aromatic N) is 2. The highest BCUT2D eigenvalue weighted by atomic mass is 19.4. The number of ether oxygens (including phenoxy) is 2. The summed E-state index contributed by atoms with van der Waals surface area (Å²) in [6, 6.07) is 13.6. The Morgan fingerprint density at radius 2 is 1.79 bits per heavy atom. The van der Waals surface area contributed by atoms with Crippen molar-refractivity contribution < 1.29 is 22.6 Å². The third-order valence-electron chi connectivity index (χ3n) is 5.37. The monoisotopic (exact) mass is 464 g/mol. The van der Waals surface area contributed by atoms with Crippen molar-refractivity contribution in [3.8, 4) is 11.5 Å². The topological polar surface area (TPSA) is 72.1 Å². The molecule has 1 aliphatic heterocycles. The highest BCUT2D eigenvalue weighted by Crippen LogP contribution is 2.24. The summed E-state index contributed by atoms with van der Waals surface area (Å²) in [4.78, 5) is 7.07. The quantitative estimate of drug-likeness (QED) is 0.321. The lowest BCUT2D eigenvalue weighted by atomic mass is 10.0. The van der Waals surface area contributed by atoms with Crippen molar-refractivity contribution >= 4 is 11.6 Å². The normalized spacial score (nSPS) is 17.1. The molecule has 1 unspecified atom stereocenters. The molecule has 3 N–H and O–H groups in total. The first kappa shape index (κ1) is 24.7. The highest BCUT2D eigenvalue weighted by Gasteiger charge is 2.31. The van der Waals surface area contributed by atoms with Gasteiger partial charge in [0.25, 0.3) is 0 Å². The van der Waals surface area contributed by atoms with Gasteiger partial charge in [0, 0.05) is 24.8 Å². The van der Waals surface area contributed by atoms with Crippen LogP contribution in [0.25, 0.3) is 0 Å². The van der Waals surface area contributed by atoms with Crippen LogP contribution in [0, 0.1) is 0 Å². The number of anilines is 1. The van der Waals surface area contributed by atoms with Gasteiger partial charge in [0.2, 0.25) is 0 Å². The average Bonchev–Trinajstić information content (AvgIpc) is 2.78. The molecule has 6 nitrogen and oxygen atoms in total. The van der Waals surface area contributed by atoms with E-state index in [4.69, 9.17) is 15.5 Å². The van der Waals surface area contributed by atoms with Crippen molar-refractivity contribution in [2.24, 2.45) is 10.7 Å². The molecule has 33 heavy (non-hydrogen) atoms. The van der Waals surface area contributed by atoms with E-state index in [9.17, 15) is 13.2 Å². The van der Waals surface area contributed by atoms with Gasteiger partial charge in [0.05, 0.1) is 0 Å². The van der Waals surface area contributed by atoms with Crippen LogP contribution in [-0.2, 0) is 6.61 Å². The zero-order valence-electron chi connectivity index (χ0n) is 18.8. The van der Waals surface area contributed by atoms with Crippen molar-refractivity contribution in [2.75, 3.05) is 25.0 Å². The van der Waals surface area contributed by atoms with Crippen LogP contribution in [0.4, 0.5) is 18.9 Å². The molecule has 1 atom stereocenters. The number of alkyl halides is 3. The largest absolute Gasteiger partial charge is 0.573 e. The predicted molar refractivity (Wildman–Crippen MR) is 124 cm³/mol. The van der Waals surface area contributed by atoms with Crippen molar-refractivity contribution in [3.05, 3.63) is 54.1 Å². The van der Waals surface area contributed by atoms with Gasteiger partial charge < -0.3 is 25.4 Å². The Morgan fingerprint density at radius 3 is 2.42 bits per heavy atom. The van der Waals surface area contributed by atoms with Crippen LogP contribution in [0.15, 0.2) is 53.5 Å². The number of guanidine groups is 1. The molecule has 1 saturated heterocycles. The van der Waals surface area contributed by atoms with Gasteiger partial charge in [-0.1, -0.05) is 12.1 Å². The molecule has 2 aromatic carbocycles. The smallest absolute Gasteiger partial charge is 0.489 e. The molecule has 0 aromatic heterocycles. The number of rotatable bonds is 8. The van der Waals surface area contributed by atoms with E-state index < -0.39 is 6.36 Å². The number of aliphatic imine (C=N–C) groups is 1. The minimum atomic E-state index is -4.70. The molecule has 1 aliphatic rings. The Kier molecular flexibility index (Phi) is 8.82. The molecule has 1 fully saturated rings. The SMILES string of the molecule is CC1CCCCN1C(=NCCCN)Nc1ccc(OCc2ccc(OC(F)(F)F)cc2)cc1. The molecule has 0 saturated carbocycles. The van der Waals surface area contributed by atoms with Crippen molar-refractivity contribution in [3.63, 3.8) is 0 Å². The number of hydrogen-bond acceptors (Lipinski definition) is 4. The molecule has 0 aliphatic carbocycles. The molecular weight excluding hydrogens is 433 g/mol. The average molecular weight is 465 g/mol. The van der Waals surface area contributed by atoms with Gasteiger partial charge in [-0.15, -0.1) is 13.2 Å². The second-order valence-corrected chi connectivity index (χ2v) is 8.02. The van der Waals surface area contributed by atoms with Gasteiger partial charge >= 0.3 is 6.36 Å². The fraction of sp³-hybridized carbons (Fsp3) is 0.458. The predicted octanol–water partition coefficient (Wildman–Crippen LogP) is 5.16. The van der Waals surface area contributed by atoms with Gasteiger partial charge in [0.1, 0.15) is 18.1 Å². The van der Waals surface area contributed by atoms with Crippen molar-refractivity contribution in [1.82, 2.24) is 4.90 Å². The fourth-order valence-electron chi connectivity index (χ4n) is 3.61. The van der Waals surface area contributed by atoms with E-state index >= 15 is 0 Å². The van der Waals surface area contributed by atoms with E-state index in [0.29, 0.717) is 24.9 Å². The maximum Gasteiger partial charge on any atom is 0.573 e. The van der Waals surface area contributed by atoms with Crippen LogP contribution in [-0.4, -0.2) is 42.9 Å². The van der Waals surface area contributed by atoms with E-state index in [2.05, 4.69) is 21.9 Å². The lowest BCUT2D eigenvalue weighted by Gasteiger charge is -2.36. The molecule has 180 valence electrons. The first-order valence-electron chi connectivity index (χ1n) is 11.2. The van der Waals surface area contributed by atoms with Crippen LogP contribution in [0.3, 0.4) is 0 Å². The van der Waals surface area contributed by atoms with Crippen LogP contribution in [0.5, 0.6) is 11.5 Å². The Hall–Kier alpha value is -2.94. The number of likely N-dealkylation sites (tertiary alicyclic amines) is 1. The van der Waals surface area contributed by atoms with E-state index in [0.717, 1.165) is 43.0 Å². The summed E-state index contributed by atoms with van der Waals surface area (Å²) in [5.41, 5.74) is 7.26. The van der Waals surface area contributed by atoms with Gasteiger partial charge in [-0.05, 0) is 81.1 Å². The summed E-state index contributed by atoms with van der Waals surface area (Å²) in [5, 5.41) is 3.44. The third kappa shape index (κ3) is 8.16. The number of nitrogens with two attached hydrogens (primary N) is 1. The molecule has 0 amide bonds. The number of nitrogens with one attached hydrogen (secondary N) is 1. The van der Waals surface area contributed by atoms with E-state index in [1.165, 1.54) is 18.6 Å². The fourth-order valence-corrected chi connectivity index (χ4v) is 3.61. The van der Waals surface area contributed by atoms with Gasteiger partial charge in [-0.25, -0.2) is 0 Å². The Morgan fingerprint density at radius 1 is 1.09 bits per heavy atom. The number of hydrogen-bond donors (Lipinski definition) is 2. The van der Waals surface area contributed by atoms with E-state index in [-0.39, 0.29) is 12.4 Å². The molecule has 2 aromatic rings. The highest BCUT2D eigenvalue weighted by molar-refractivity contribution is 5.94. The molecular formula is C24H31F3N4O2. The standard InChI is InChI=1S/C24H31F3N4O2/c1-18-5-2-3-16-31(18)23(29-15-4-14-28)30-20-8-12-21(13-9-20)32-17-19-6-10-22(11-7-19)33-24(25,26)27/h6-13,18H,2-5,14-17,28H2,1H3,(H,29,30). The summed E-state index contributed by atoms with van der Waals surface area (Å²) in [7, 11) is 0. The van der Waals surface area contributed by atoms with E-state index in [1.807, 2.05) is 24.3 Å². The lowest BCUT2D eigenvalue weighted by Crippen LogP contribution is -2.45. The number of halogens is 3. The summed E-state index contributed by atoms with van der Waals surface area (Å²) in [5.74, 6) is 1.27. The summed E-state index contributed by atoms with van der Waals surface area (Å²) >= 11 is 0. The van der Waals surface area contributed by atoms with Crippen LogP contribution >= 0.6 is 0 Å². The molecule has 3 rings (SSSR count). The maximum absolute atomic E-state index is 12.3. The van der Waals surface area contributed by atoms with Gasteiger partial charge in [-0.3, -0.25) is 4.99 Å². The second-order valence-electron chi connectivity index (χ2n) is 8.02. The minimum Gasteiger partial charge on any atom is -0.489 e. The lowest BCUT2D eigenvalue weighted by molar-refractivity contribution is -0.274.